The summed E-state index contributed by atoms with van der Waals surface area (Å²) >= 11 is 0. The highest BCUT2D eigenvalue weighted by Crippen LogP contribution is 2.33. The molecule has 2 aromatic rings. The molecular formula is C24H32N2O2S. The van der Waals surface area contributed by atoms with Gasteiger partial charge in [-0.15, -0.1) is 0 Å². The van der Waals surface area contributed by atoms with Gasteiger partial charge in [0.05, 0.1) is 6.04 Å². The van der Waals surface area contributed by atoms with Gasteiger partial charge in [0, 0.05) is 31.0 Å². The third-order valence-electron chi connectivity index (χ3n) is 6.20. The number of benzene rings is 2. The average Bonchev–Trinajstić information content (AvgIpc) is 2.70. The van der Waals surface area contributed by atoms with Gasteiger partial charge in [-0.3, -0.25) is 13.7 Å². The van der Waals surface area contributed by atoms with Crippen LogP contribution in [0.2, 0.25) is 0 Å². The van der Waals surface area contributed by atoms with E-state index in [2.05, 4.69) is 58.2 Å². The number of nitrogens with one attached hydrogen (secondary N) is 1. The van der Waals surface area contributed by atoms with Crippen LogP contribution in [-0.4, -0.2) is 45.7 Å². The van der Waals surface area contributed by atoms with Crippen molar-refractivity contribution < 1.29 is 9.00 Å². The monoisotopic (exact) mass is 412 g/mol. The average molecular weight is 413 g/mol. The Hall–Kier alpha value is -1.98. The number of carbonyl (C=O) groups excluding carboxylic acids is 1. The molecular weight excluding hydrogens is 380 g/mol. The van der Waals surface area contributed by atoms with Crippen molar-refractivity contribution in [1.82, 2.24) is 9.62 Å². The molecule has 0 aliphatic carbocycles. The number of hydrogen-bond donors (Lipinski definition) is 2. The van der Waals surface area contributed by atoms with Crippen LogP contribution in [0, 0.1) is 0 Å². The van der Waals surface area contributed by atoms with Crippen LogP contribution in [0.15, 0.2) is 54.6 Å². The second-order valence-electron chi connectivity index (χ2n) is 8.85. The molecule has 2 aliphatic heterocycles. The lowest BCUT2D eigenvalue weighted by molar-refractivity contribution is -0.142. The fourth-order valence-corrected chi connectivity index (χ4v) is 6.10. The van der Waals surface area contributed by atoms with Crippen molar-refractivity contribution in [2.45, 2.75) is 56.7 Å². The zero-order chi connectivity index (χ0) is 20.4. The van der Waals surface area contributed by atoms with E-state index < -0.39 is 10.1 Å². The predicted octanol–water partition coefficient (Wildman–Crippen LogP) is 3.59. The lowest BCUT2D eigenvalue weighted by Crippen LogP contribution is -2.62. The molecule has 29 heavy (non-hydrogen) atoms. The summed E-state index contributed by atoms with van der Waals surface area (Å²) in [7, 11) is -2.39. The lowest BCUT2D eigenvalue weighted by Gasteiger charge is -2.49. The maximum atomic E-state index is 12.9. The van der Waals surface area contributed by atoms with Gasteiger partial charge in [0.25, 0.3) is 0 Å². The van der Waals surface area contributed by atoms with E-state index in [1.807, 2.05) is 6.07 Å². The molecule has 2 aromatic carbocycles. The smallest absolute Gasteiger partial charge is 0.223 e. The van der Waals surface area contributed by atoms with E-state index in [1.165, 1.54) is 16.7 Å². The summed E-state index contributed by atoms with van der Waals surface area (Å²) in [5.74, 6) is 0.263. The minimum Gasteiger partial charge on any atom is -0.335 e. The Morgan fingerprint density at radius 2 is 1.76 bits per heavy atom. The maximum absolute atomic E-state index is 12.9. The SMILES string of the molecule is C[SH](C)(=O)NC1CCC2CCCC(=O)N2C1Cc1cccc(-c2ccccc2)c1. The topological polar surface area (TPSA) is 49.4 Å². The Kier molecular flexibility index (Phi) is 5.88. The van der Waals surface area contributed by atoms with E-state index in [4.69, 9.17) is 0 Å². The van der Waals surface area contributed by atoms with Crippen molar-refractivity contribution in [2.24, 2.45) is 0 Å². The van der Waals surface area contributed by atoms with Gasteiger partial charge in [-0.2, -0.15) is 0 Å². The fraction of sp³-hybridized carbons (Fsp3) is 0.458. The molecule has 0 spiro atoms. The van der Waals surface area contributed by atoms with E-state index in [0.29, 0.717) is 12.5 Å². The van der Waals surface area contributed by atoms with Crippen LogP contribution in [0.1, 0.15) is 37.7 Å². The summed E-state index contributed by atoms with van der Waals surface area (Å²) < 4.78 is 15.9. The molecule has 1 amide bonds. The molecule has 2 saturated heterocycles. The third kappa shape index (κ3) is 4.78. The number of hydrogen-bond acceptors (Lipinski definition) is 2. The Labute approximate surface area is 175 Å². The molecule has 3 unspecified atom stereocenters. The number of rotatable bonds is 5. The number of fused-ring (bicyclic) bond motifs is 1. The second-order valence-corrected chi connectivity index (χ2v) is 11.8. The summed E-state index contributed by atoms with van der Waals surface area (Å²) in [6, 6.07) is 19.5. The van der Waals surface area contributed by atoms with Gasteiger partial charge in [0.1, 0.15) is 0 Å². The van der Waals surface area contributed by atoms with Crippen molar-refractivity contribution >= 4 is 16.0 Å². The molecule has 0 saturated carbocycles. The van der Waals surface area contributed by atoms with Crippen LogP contribution < -0.4 is 4.72 Å². The zero-order valence-corrected chi connectivity index (χ0v) is 18.3. The molecule has 3 atom stereocenters. The molecule has 4 nitrogen and oxygen atoms in total. The summed E-state index contributed by atoms with van der Waals surface area (Å²) in [4.78, 5) is 15.0. The highest BCUT2D eigenvalue weighted by molar-refractivity contribution is 7.99. The highest BCUT2D eigenvalue weighted by atomic mass is 32.3. The fourth-order valence-electron chi connectivity index (χ4n) is 5.00. The number of carbonyl (C=O) groups is 1. The van der Waals surface area contributed by atoms with Gasteiger partial charge in [-0.1, -0.05) is 64.7 Å². The first-order chi connectivity index (χ1) is 13.9. The zero-order valence-electron chi connectivity index (χ0n) is 17.4. The van der Waals surface area contributed by atoms with Gasteiger partial charge >= 0.3 is 0 Å². The molecule has 0 radical (unpaired) electrons. The molecule has 4 rings (SSSR count). The van der Waals surface area contributed by atoms with Crippen LogP contribution in [0.25, 0.3) is 11.1 Å². The Morgan fingerprint density at radius 1 is 1.00 bits per heavy atom. The summed E-state index contributed by atoms with van der Waals surface area (Å²) in [6.45, 7) is 0. The minimum atomic E-state index is -2.39. The Morgan fingerprint density at radius 3 is 2.52 bits per heavy atom. The standard InChI is InChI=1S/C24H32N2O2S/c1-29(2,28)25-22-15-14-21-12-7-13-24(27)26(21)23(22)17-18-8-6-11-20(16-18)19-9-4-3-5-10-19/h3-6,8-11,16,21-23,29H,7,12-15,17H2,1-2H3,(H,25,28). The summed E-state index contributed by atoms with van der Waals surface area (Å²) in [6.07, 6.45) is 9.06. The van der Waals surface area contributed by atoms with Gasteiger partial charge in [-0.05, 0) is 48.8 Å². The first kappa shape index (κ1) is 20.3. The van der Waals surface area contributed by atoms with E-state index in [9.17, 15) is 9.00 Å². The normalized spacial score (nSPS) is 25.5. The third-order valence-corrected chi connectivity index (χ3v) is 7.15. The predicted molar refractivity (Wildman–Crippen MR) is 121 cm³/mol. The van der Waals surface area contributed by atoms with Crippen molar-refractivity contribution in [3.8, 4) is 11.1 Å². The van der Waals surface area contributed by atoms with Gasteiger partial charge in [0.2, 0.25) is 5.91 Å². The number of piperidine rings is 2. The minimum absolute atomic E-state index is 0.0563. The van der Waals surface area contributed by atoms with Gasteiger partial charge < -0.3 is 4.90 Å². The summed E-state index contributed by atoms with van der Waals surface area (Å²) in [5, 5.41) is 0. The van der Waals surface area contributed by atoms with E-state index >= 15 is 0 Å². The lowest BCUT2D eigenvalue weighted by atomic mass is 9.83. The summed E-state index contributed by atoms with van der Waals surface area (Å²) in [5.41, 5.74) is 3.62. The van der Waals surface area contributed by atoms with E-state index in [-0.39, 0.29) is 18.0 Å². The molecule has 0 bridgehead atoms. The van der Waals surface area contributed by atoms with Gasteiger partial charge in [0.15, 0.2) is 0 Å². The molecule has 2 aliphatic rings. The molecule has 0 aromatic heterocycles. The first-order valence-electron chi connectivity index (χ1n) is 10.7. The van der Waals surface area contributed by atoms with Crippen LogP contribution in [-0.2, 0) is 21.3 Å². The van der Waals surface area contributed by atoms with Crippen LogP contribution in [0.5, 0.6) is 0 Å². The van der Waals surface area contributed by atoms with Crippen LogP contribution in [0.4, 0.5) is 0 Å². The number of thiol groups is 1. The van der Waals surface area contributed by atoms with E-state index in [0.717, 1.165) is 32.1 Å². The van der Waals surface area contributed by atoms with Crippen LogP contribution in [0.3, 0.4) is 0 Å². The van der Waals surface area contributed by atoms with Gasteiger partial charge in [-0.25, -0.2) is 0 Å². The number of nitrogens with zero attached hydrogens (tertiary/aromatic N) is 1. The van der Waals surface area contributed by atoms with E-state index in [1.54, 1.807) is 12.5 Å². The highest BCUT2D eigenvalue weighted by Gasteiger charge is 2.42. The molecule has 156 valence electrons. The van der Waals surface area contributed by atoms with Crippen molar-refractivity contribution in [3.63, 3.8) is 0 Å². The van der Waals surface area contributed by atoms with Crippen LogP contribution >= 0.6 is 0 Å². The second kappa shape index (κ2) is 8.41. The molecule has 2 heterocycles. The largest absolute Gasteiger partial charge is 0.335 e. The van der Waals surface area contributed by atoms with Crippen molar-refractivity contribution in [2.75, 3.05) is 12.5 Å². The molecule has 2 fully saturated rings. The molecule has 1 N–H and O–H groups in total. The quantitative estimate of drug-likeness (QED) is 0.738. The van der Waals surface area contributed by atoms with Crippen molar-refractivity contribution in [1.29, 1.82) is 0 Å². The Bertz CT molecular complexity index is 908. The maximum Gasteiger partial charge on any atom is 0.223 e. The Balaban J connectivity index is 1.63. The number of amides is 1. The first-order valence-corrected chi connectivity index (χ1v) is 13.3. The molecule has 5 heteroatoms. The van der Waals surface area contributed by atoms with Crippen molar-refractivity contribution in [3.05, 3.63) is 60.2 Å².